The fourth-order valence-corrected chi connectivity index (χ4v) is 6.42. The maximum Gasteiger partial charge on any atom is 0.416 e. The summed E-state index contributed by atoms with van der Waals surface area (Å²) < 4.78 is 92.5. The molecule has 1 aliphatic heterocycles. The number of fused-ring (bicyclic) bond motifs is 1. The van der Waals surface area contributed by atoms with Crippen molar-refractivity contribution in [2.45, 2.75) is 25.1 Å². The lowest BCUT2D eigenvalue weighted by Gasteiger charge is -2.15. The van der Waals surface area contributed by atoms with Crippen LogP contribution in [0.5, 0.6) is 0 Å². The highest BCUT2D eigenvalue weighted by Crippen LogP contribution is 2.39. The van der Waals surface area contributed by atoms with Crippen LogP contribution in [-0.2, 0) is 16.0 Å². The van der Waals surface area contributed by atoms with Crippen molar-refractivity contribution in [3.05, 3.63) is 76.6 Å². The van der Waals surface area contributed by atoms with Crippen molar-refractivity contribution in [3.8, 4) is 22.4 Å². The summed E-state index contributed by atoms with van der Waals surface area (Å²) >= 11 is 6.37. The topological polar surface area (TPSA) is 93.4 Å². The number of aromatic nitrogens is 3. The van der Waals surface area contributed by atoms with E-state index in [2.05, 4.69) is 15.4 Å². The molecule has 0 spiro atoms. The third-order valence-corrected chi connectivity index (χ3v) is 8.42. The van der Waals surface area contributed by atoms with Crippen LogP contribution in [0.2, 0.25) is 5.02 Å². The zero-order chi connectivity index (χ0) is 28.1. The summed E-state index contributed by atoms with van der Waals surface area (Å²) in [5, 5.41) is 6.69. The number of amides is 1. The minimum atomic E-state index is -4.61. The summed E-state index contributed by atoms with van der Waals surface area (Å²) in [5.74, 6) is -1.46. The van der Waals surface area contributed by atoms with Gasteiger partial charge in [-0.25, -0.2) is 26.7 Å². The number of benzene rings is 2. The van der Waals surface area contributed by atoms with E-state index in [1.54, 1.807) is 24.3 Å². The van der Waals surface area contributed by atoms with Gasteiger partial charge in [0.1, 0.15) is 11.3 Å². The van der Waals surface area contributed by atoms with Gasteiger partial charge in [-0.2, -0.15) is 18.3 Å². The molecule has 1 saturated heterocycles. The highest BCUT2D eigenvalue weighted by atomic mass is 35.5. The zero-order valence-electron chi connectivity index (χ0n) is 19.7. The maximum atomic E-state index is 14.1. The van der Waals surface area contributed by atoms with E-state index in [9.17, 15) is 35.2 Å². The van der Waals surface area contributed by atoms with E-state index in [0.29, 0.717) is 5.56 Å². The van der Waals surface area contributed by atoms with Gasteiger partial charge in [-0.3, -0.25) is 4.79 Å². The first-order chi connectivity index (χ1) is 18.4. The van der Waals surface area contributed by atoms with Crippen LogP contribution in [0.4, 0.5) is 22.0 Å². The molecule has 0 radical (unpaired) electrons. The Morgan fingerprint density at radius 1 is 1.08 bits per heavy atom. The van der Waals surface area contributed by atoms with Crippen LogP contribution in [0.3, 0.4) is 0 Å². The second-order valence-electron chi connectivity index (χ2n) is 8.95. The lowest BCUT2D eigenvalue weighted by Crippen LogP contribution is -2.36. The van der Waals surface area contributed by atoms with Gasteiger partial charge in [-0.1, -0.05) is 41.9 Å². The van der Waals surface area contributed by atoms with E-state index >= 15 is 0 Å². The van der Waals surface area contributed by atoms with Crippen LogP contribution < -0.4 is 5.32 Å². The van der Waals surface area contributed by atoms with Crippen molar-refractivity contribution in [1.29, 1.82) is 0 Å². The van der Waals surface area contributed by atoms with E-state index in [0.717, 1.165) is 28.8 Å². The van der Waals surface area contributed by atoms with Crippen molar-refractivity contribution < 1.29 is 35.2 Å². The Balaban J connectivity index is 1.73. The standard InChI is InChI=1S/C25H18ClF5N4O3S/c26-18-4-2-1-3-16(18)17-11-32-23-19(24(36)33-15-9-10-39(37,38)12-15)20(22(27)28)34-35(23)21(17)13-5-7-14(8-6-13)25(29,30)31/h1-8,11,15,22H,9-10,12H2,(H,33,36)/t15-/m0/s1. The molecule has 0 unspecified atom stereocenters. The number of hydrogen-bond donors (Lipinski definition) is 1. The van der Waals surface area contributed by atoms with Gasteiger partial charge in [0.2, 0.25) is 0 Å². The molecule has 2 aromatic heterocycles. The molecule has 7 nitrogen and oxygen atoms in total. The van der Waals surface area contributed by atoms with Crippen molar-refractivity contribution in [2.24, 2.45) is 0 Å². The first kappa shape index (κ1) is 27.0. The van der Waals surface area contributed by atoms with Crippen LogP contribution in [0.15, 0.2) is 54.7 Å². The van der Waals surface area contributed by atoms with E-state index in [4.69, 9.17) is 11.6 Å². The molecular formula is C25H18ClF5N4O3S. The molecule has 1 atom stereocenters. The summed E-state index contributed by atoms with van der Waals surface area (Å²) in [7, 11) is -3.37. The second-order valence-corrected chi connectivity index (χ2v) is 11.6. The van der Waals surface area contributed by atoms with E-state index < -0.39 is 51.2 Å². The number of hydrogen-bond acceptors (Lipinski definition) is 5. The minimum Gasteiger partial charge on any atom is -0.348 e. The number of sulfone groups is 1. The molecule has 4 aromatic rings. The molecule has 39 heavy (non-hydrogen) atoms. The first-order valence-electron chi connectivity index (χ1n) is 11.5. The fourth-order valence-electron chi connectivity index (χ4n) is 4.51. The highest BCUT2D eigenvalue weighted by molar-refractivity contribution is 7.91. The molecule has 1 N–H and O–H groups in total. The molecule has 2 aromatic carbocycles. The second kappa shape index (κ2) is 9.87. The van der Waals surface area contributed by atoms with Gasteiger partial charge in [0.15, 0.2) is 15.5 Å². The Hall–Kier alpha value is -3.58. The van der Waals surface area contributed by atoms with E-state index in [1.807, 2.05) is 0 Å². The Labute approximate surface area is 223 Å². The van der Waals surface area contributed by atoms with Crippen LogP contribution in [0.1, 0.15) is 34.5 Å². The van der Waals surface area contributed by atoms with E-state index in [1.165, 1.54) is 6.20 Å². The van der Waals surface area contributed by atoms with Crippen LogP contribution in [-0.4, -0.2) is 46.5 Å². The Morgan fingerprint density at radius 2 is 1.77 bits per heavy atom. The monoisotopic (exact) mass is 584 g/mol. The normalized spacial score (nSPS) is 17.2. The van der Waals surface area contributed by atoms with Crippen LogP contribution in [0.25, 0.3) is 28.0 Å². The molecule has 0 saturated carbocycles. The summed E-state index contributed by atoms with van der Waals surface area (Å²) in [4.78, 5) is 17.4. The summed E-state index contributed by atoms with van der Waals surface area (Å²) in [6.07, 6.45) is -6.43. The Morgan fingerprint density at radius 3 is 2.36 bits per heavy atom. The fraction of sp³-hybridized carbons (Fsp3) is 0.240. The van der Waals surface area contributed by atoms with Gasteiger partial charge in [-0.15, -0.1) is 0 Å². The molecule has 14 heteroatoms. The molecule has 3 heterocycles. The van der Waals surface area contributed by atoms with Gasteiger partial charge in [0.25, 0.3) is 12.3 Å². The summed E-state index contributed by atoms with van der Waals surface area (Å²) in [6.45, 7) is 0. The molecule has 204 valence electrons. The Bertz CT molecular complexity index is 1690. The van der Waals surface area contributed by atoms with Crippen molar-refractivity contribution in [3.63, 3.8) is 0 Å². The van der Waals surface area contributed by atoms with Crippen LogP contribution in [0, 0.1) is 0 Å². The number of carbonyl (C=O) groups is 1. The SMILES string of the molecule is O=C(N[C@H]1CCS(=O)(=O)C1)c1c(C(F)F)nn2c(-c3ccc(C(F)(F)F)cc3)c(-c3ccccc3Cl)cnc12. The third-order valence-electron chi connectivity index (χ3n) is 6.32. The van der Waals surface area contributed by atoms with Crippen molar-refractivity contribution in [1.82, 2.24) is 19.9 Å². The number of nitrogens with zero attached hydrogens (tertiary/aromatic N) is 3. The predicted octanol–water partition coefficient (Wildman–Crippen LogP) is 5.59. The molecule has 1 fully saturated rings. The largest absolute Gasteiger partial charge is 0.416 e. The van der Waals surface area contributed by atoms with E-state index in [-0.39, 0.29) is 45.4 Å². The smallest absolute Gasteiger partial charge is 0.348 e. The zero-order valence-corrected chi connectivity index (χ0v) is 21.3. The number of rotatable bonds is 5. The van der Waals surface area contributed by atoms with Crippen molar-refractivity contribution >= 4 is 33.0 Å². The summed E-state index contributed by atoms with van der Waals surface area (Å²) in [6, 6.07) is 9.71. The lowest BCUT2D eigenvalue weighted by molar-refractivity contribution is -0.137. The van der Waals surface area contributed by atoms with Gasteiger partial charge in [0, 0.05) is 34.0 Å². The minimum absolute atomic E-state index is 0.0752. The average Bonchev–Trinajstić information content (AvgIpc) is 3.43. The average molecular weight is 585 g/mol. The number of nitrogens with one attached hydrogen (secondary N) is 1. The molecule has 1 aliphatic rings. The number of halogens is 6. The predicted molar refractivity (Wildman–Crippen MR) is 133 cm³/mol. The maximum absolute atomic E-state index is 14.1. The van der Waals surface area contributed by atoms with Gasteiger partial charge >= 0.3 is 6.18 Å². The lowest BCUT2D eigenvalue weighted by atomic mass is 9.99. The first-order valence-corrected chi connectivity index (χ1v) is 13.7. The van der Waals surface area contributed by atoms with Gasteiger partial charge in [0.05, 0.1) is 22.8 Å². The van der Waals surface area contributed by atoms with Crippen molar-refractivity contribution in [2.75, 3.05) is 11.5 Å². The van der Waals surface area contributed by atoms with Gasteiger partial charge < -0.3 is 5.32 Å². The molecule has 0 bridgehead atoms. The molecular weight excluding hydrogens is 567 g/mol. The quantitative estimate of drug-likeness (QED) is 0.309. The molecule has 5 rings (SSSR count). The third kappa shape index (κ3) is 5.20. The van der Waals surface area contributed by atoms with Crippen LogP contribution >= 0.6 is 11.6 Å². The highest BCUT2D eigenvalue weighted by Gasteiger charge is 2.34. The van der Waals surface area contributed by atoms with Gasteiger partial charge in [-0.05, 0) is 24.6 Å². The Kier molecular flexibility index (Phi) is 6.83. The number of alkyl halides is 5. The molecule has 0 aliphatic carbocycles. The molecule has 1 amide bonds. The summed E-state index contributed by atoms with van der Waals surface area (Å²) in [5.41, 5.74) is -1.76. The number of carbonyl (C=O) groups excluding carboxylic acids is 1.